The number of ether oxygens (including phenoxy) is 1. The molecule has 2 aromatic carbocycles. The molecule has 0 spiro atoms. The maximum absolute atomic E-state index is 12.5. The highest BCUT2D eigenvalue weighted by Gasteiger charge is 2.20. The number of carbonyl (C=O) groups excluding carboxylic acids is 1. The van der Waals surface area contributed by atoms with Gasteiger partial charge < -0.3 is 19.0 Å². The van der Waals surface area contributed by atoms with Crippen molar-refractivity contribution in [1.82, 2.24) is 4.90 Å². The van der Waals surface area contributed by atoms with E-state index in [0.29, 0.717) is 18.8 Å². The lowest BCUT2D eigenvalue weighted by molar-refractivity contribution is -0.126. The first kappa shape index (κ1) is 17.2. The second kappa shape index (κ2) is 7.58. The van der Waals surface area contributed by atoms with Crippen molar-refractivity contribution in [3.63, 3.8) is 0 Å². The number of hydrogen-bond acceptors (Lipinski definition) is 4. The molecule has 27 heavy (non-hydrogen) atoms. The van der Waals surface area contributed by atoms with Crippen LogP contribution in [0.4, 0.5) is 5.69 Å². The zero-order chi connectivity index (χ0) is 18.6. The molecule has 0 atom stereocenters. The van der Waals surface area contributed by atoms with Gasteiger partial charge in [-0.05, 0) is 42.5 Å². The number of methoxy groups -OCH3 is 1. The Hall–Kier alpha value is -3.21. The van der Waals surface area contributed by atoms with Gasteiger partial charge in [-0.1, -0.05) is 18.2 Å². The lowest BCUT2D eigenvalue weighted by Crippen LogP contribution is -2.48. The molecular formula is C22H22N2O3. The molecule has 0 aliphatic carbocycles. The lowest BCUT2D eigenvalue weighted by Gasteiger charge is -2.35. The van der Waals surface area contributed by atoms with Crippen LogP contribution in [-0.2, 0) is 4.79 Å². The quantitative estimate of drug-likeness (QED) is 0.662. The number of benzene rings is 2. The molecule has 2 heterocycles. The molecule has 1 aliphatic rings. The molecule has 0 unspecified atom stereocenters. The van der Waals surface area contributed by atoms with Gasteiger partial charge in [-0.25, -0.2) is 0 Å². The third-order valence-electron chi connectivity index (χ3n) is 4.86. The molecule has 138 valence electrons. The number of piperazine rings is 1. The van der Waals surface area contributed by atoms with Crippen LogP contribution >= 0.6 is 0 Å². The van der Waals surface area contributed by atoms with E-state index >= 15 is 0 Å². The number of para-hydroxylation sites is 1. The van der Waals surface area contributed by atoms with E-state index in [4.69, 9.17) is 9.15 Å². The first-order chi connectivity index (χ1) is 13.2. The summed E-state index contributed by atoms with van der Waals surface area (Å²) in [6, 6.07) is 17.8. The van der Waals surface area contributed by atoms with Gasteiger partial charge in [0.05, 0.1) is 7.11 Å². The van der Waals surface area contributed by atoms with Crippen LogP contribution in [0.3, 0.4) is 0 Å². The van der Waals surface area contributed by atoms with Crippen LogP contribution in [0.15, 0.2) is 65.1 Å². The average Bonchev–Trinajstić information content (AvgIpc) is 3.15. The summed E-state index contributed by atoms with van der Waals surface area (Å²) >= 11 is 0. The van der Waals surface area contributed by atoms with Gasteiger partial charge in [-0.3, -0.25) is 4.79 Å². The van der Waals surface area contributed by atoms with Crippen molar-refractivity contribution in [2.24, 2.45) is 0 Å². The molecule has 1 aliphatic heterocycles. The zero-order valence-corrected chi connectivity index (χ0v) is 15.3. The maximum atomic E-state index is 12.5. The number of fused-ring (bicyclic) bond motifs is 1. The highest BCUT2D eigenvalue weighted by atomic mass is 16.5. The van der Waals surface area contributed by atoms with Gasteiger partial charge in [0, 0.05) is 43.3 Å². The van der Waals surface area contributed by atoms with E-state index in [0.717, 1.165) is 35.5 Å². The van der Waals surface area contributed by atoms with Crippen LogP contribution in [0.5, 0.6) is 5.75 Å². The Labute approximate surface area is 158 Å². The molecule has 1 aromatic heterocycles. The smallest absolute Gasteiger partial charge is 0.246 e. The second-order valence-electron chi connectivity index (χ2n) is 6.53. The predicted octanol–water partition coefficient (Wildman–Crippen LogP) is 3.80. The van der Waals surface area contributed by atoms with Gasteiger partial charge >= 0.3 is 0 Å². The van der Waals surface area contributed by atoms with Crippen LogP contribution in [0.1, 0.15) is 5.76 Å². The van der Waals surface area contributed by atoms with Crippen LogP contribution in [0.25, 0.3) is 17.0 Å². The summed E-state index contributed by atoms with van der Waals surface area (Å²) in [6.07, 6.45) is 3.35. The number of carbonyl (C=O) groups is 1. The van der Waals surface area contributed by atoms with Crippen molar-refractivity contribution in [2.75, 3.05) is 38.2 Å². The molecule has 0 radical (unpaired) electrons. The molecule has 1 amide bonds. The number of anilines is 1. The molecule has 5 heteroatoms. The van der Waals surface area contributed by atoms with Crippen LogP contribution in [-0.4, -0.2) is 44.1 Å². The minimum absolute atomic E-state index is 0.0184. The van der Waals surface area contributed by atoms with Crippen LogP contribution < -0.4 is 9.64 Å². The van der Waals surface area contributed by atoms with Crippen LogP contribution in [0, 0.1) is 0 Å². The molecule has 0 bridgehead atoms. The fourth-order valence-electron chi connectivity index (χ4n) is 3.32. The molecule has 5 nitrogen and oxygen atoms in total. The molecule has 1 fully saturated rings. The number of rotatable bonds is 4. The summed E-state index contributed by atoms with van der Waals surface area (Å²) in [7, 11) is 1.66. The van der Waals surface area contributed by atoms with Crippen molar-refractivity contribution < 1.29 is 13.9 Å². The van der Waals surface area contributed by atoms with Gasteiger partial charge in [-0.15, -0.1) is 0 Å². The summed E-state index contributed by atoms with van der Waals surface area (Å²) in [5.41, 5.74) is 1.98. The summed E-state index contributed by atoms with van der Waals surface area (Å²) < 4.78 is 10.9. The Morgan fingerprint density at radius 2 is 1.78 bits per heavy atom. The lowest BCUT2D eigenvalue weighted by atomic mass is 10.2. The van der Waals surface area contributed by atoms with E-state index in [1.807, 2.05) is 47.4 Å². The Kier molecular flexibility index (Phi) is 4.83. The molecule has 1 saturated heterocycles. The van der Waals surface area contributed by atoms with Crippen molar-refractivity contribution in [2.45, 2.75) is 0 Å². The predicted molar refractivity (Wildman–Crippen MR) is 107 cm³/mol. The number of amides is 1. The Morgan fingerprint density at radius 1 is 1.04 bits per heavy atom. The molecule has 4 rings (SSSR count). The Balaban J connectivity index is 1.35. The fourth-order valence-corrected chi connectivity index (χ4v) is 3.32. The molecule has 0 saturated carbocycles. The molecule has 0 N–H and O–H groups in total. The van der Waals surface area contributed by atoms with E-state index < -0.39 is 0 Å². The average molecular weight is 362 g/mol. The Bertz CT molecular complexity index is 918. The van der Waals surface area contributed by atoms with E-state index in [9.17, 15) is 4.79 Å². The summed E-state index contributed by atoms with van der Waals surface area (Å²) in [5.74, 6) is 1.56. The van der Waals surface area contributed by atoms with Gasteiger partial charge in [0.1, 0.15) is 17.1 Å². The second-order valence-corrected chi connectivity index (χ2v) is 6.53. The highest BCUT2D eigenvalue weighted by molar-refractivity contribution is 5.92. The number of furan rings is 1. The monoisotopic (exact) mass is 362 g/mol. The standard InChI is InChI=1S/C22H22N2O3/c1-26-19-8-6-18(7-9-19)23-12-14-24(15-13-23)22(25)11-10-20-16-17-4-2-3-5-21(17)27-20/h2-11,16H,12-15H2,1H3/b11-10+. The number of hydrogen-bond donors (Lipinski definition) is 0. The highest BCUT2D eigenvalue weighted by Crippen LogP contribution is 2.21. The van der Waals surface area contributed by atoms with Gasteiger partial charge in [-0.2, -0.15) is 0 Å². The Morgan fingerprint density at radius 3 is 2.48 bits per heavy atom. The third kappa shape index (κ3) is 3.82. The maximum Gasteiger partial charge on any atom is 0.246 e. The topological polar surface area (TPSA) is 45.9 Å². The largest absolute Gasteiger partial charge is 0.497 e. The third-order valence-corrected chi connectivity index (χ3v) is 4.86. The van der Waals surface area contributed by atoms with Crippen molar-refractivity contribution >= 4 is 28.6 Å². The van der Waals surface area contributed by atoms with Crippen LogP contribution in [0.2, 0.25) is 0 Å². The van der Waals surface area contributed by atoms with Gasteiger partial charge in [0.15, 0.2) is 0 Å². The summed E-state index contributed by atoms with van der Waals surface area (Å²) in [4.78, 5) is 16.6. The van der Waals surface area contributed by atoms with E-state index in [-0.39, 0.29) is 5.91 Å². The van der Waals surface area contributed by atoms with Gasteiger partial charge in [0.2, 0.25) is 5.91 Å². The summed E-state index contributed by atoms with van der Waals surface area (Å²) in [5, 5.41) is 1.04. The first-order valence-corrected chi connectivity index (χ1v) is 9.07. The SMILES string of the molecule is COc1ccc(N2CCN(C(=O)/C=C/c3cc4ccccc4o3)CC2)cc1. The fraction of sp³-hybridized carbons (Fsp3) is 0.227. The van der Waals surface area contributed by atoms with Crippen molar-refractivity contribution in [1.29, 1.82) is 0 Å². The minimum Gasteiger partial charge on any atom is -0.497 e. The zero-order valence-electron chi connectivity index (χ0n) is 15.3. The minimum atomic E-state index is 0.0184. The van der Waals surface area contributed by atoms with Crippen molar-refractivity contribution in [3.8, 4) is 5.75 Å². The first-order valence-electron chi connectivity index (χ1n) is 9.07. The van der Waals surface area contributed by atoms with E-state index in [1.54, 1.807) is 19.3 Å². The van der Waals surface area contributed by atoms with Crippen molar-refractivity contribution in [3.05, 3.63) is 66.4 Å². The normalized spacial score (nSPS) is 14.9. The molecular weight excluding hydrogens is 340 g/mol. The molecule has 3 aromatic rings. The summed E-state index contributed by atoms with van der Waals surface area (Å²) in [6.45, 7) is 3.04. The van der Waals surface area contributed by atoms with E-state index in [1.165, 1.54) is 0 Å². The van der Waals surface area contributed by atoms with E-state index in [2.05, 4.69) is 17.0 Å². The number of nitrogens with zero attached hydrogens (tertiary/aromatic N) is 2. The van der Waals surface area contributed by atoms with Gasteiger partial charge in [0.25, 0.3) is 0 Å².